The first kappa shape index (κ1) is 10.6. The van der Waals surface area contributed by atoms with Gasteiger partial charge in [0.15, 0.2) is 0 Å². The number of carbonyl (C=O) groups is 1. The molecule has 0 bridgehead atoms. The van der Waals surface area contributed by atoms with Crippen molar-refractivity contribution in [3.8, 4) is 0 Å². The van der Waals surface area contributed by atoms with Gasteiger partial charge in [-0.2, -0.15) is 0 Å². The molecule has 1 N–H and O–H groups in total. The Hall–Kier alpha value is -1.51. The molecule has 0 aliphatic rings. The van der Waals surface area contributed by atoms with Crippen molar-refractivity contribution in [1.82, 2.24) is 0 Å². The minimum atomic E-state index is -0.854. The number of carboxylic acid groups (broad SMARTS) is 1. The molecule has 1 rings (SSSR count). The Kier molecular flexibility index (Phi) is 2.79. The predicted octanol–water partition coefficient (Wildman–Crippen LogP) is 2.79. The molecule has 0 unspecified atom stereocenters. The van der Waals surface area contributed by atoms with Crippen LogP contribution < -0.4 is 0 Å². The minimum absolute atomic E-state index is 0.678. The highest BCUT2D eigenvalue weighted by molar-refractivity contribution is 5.79. The van der Waals surface area contributed by atoms with Crippen LogP contribution >= 0.6 is 0 Å². The van der Waals surface area contributed by atoms with Gasteiger partial charge < -0.3 is 9.52 Å². The van der Waals surface area contributed by atoms with Gasteiger partial charge in [0, 0.05) is 0 Å². The molecule has 3 nitrogen and oxygen atoms in total. The zero-order valence-electron chi connectivity index (χ0n) is 8.57. The lowest BCUT2D eigenvalue weighted by atomic mass is 9.85. The molecule has 0 radical (unpaired) electrons. The molecule has 0 aromatic carbocycles. The lowest BCUT2D eigenvalue weighted by Crippen LogP contribution is -2.24. The van der Waals surface area contributed by atoms with Gasteiger partial charge >= 0.3 is 5.97 Å². The Bertz CT molecular complexity index is 345. The van der Waals surface area contributed by atoms with Crippen LogP contribution in [0, 0.1) is 5.41 Å². The second kappa shape index (κ2) is 3.70. The van der Waals surface area contributed by atoms with Gasteiger partial charge in [-0.3, -0.25) is 4.79 Å². The van der Waals surface area contributed by atoms with Crippen molar-refractivity contribution in [3.05, 3.63) is 29.7 Å². The summed E-state index contributed by atoms with van der Waals surface area (Å²) in [7, 11) is 0. The molecule has 0 saturated carbocycles. The molecule has 0 saturated heterocycles. The molecule has 1 heterocycles. The number of hydrogen-bond acceptors (Lipinski definition) is 2. The minimum Gasteiger partial charge on any atom is -0.481 e. The van der Waals surface area contributed by atoms with E-state index in [9.17, 15) is 4.79 Å². The van der Waals surface area contributed by atoms with Crippen molar-refractivity contribution in [3.63, 3.8) is 0 Å². The maximum atomic E-state index is 10.9. The fraction of sp³-hybridized carbons (Fsp3) is 0.364. The number of hydrogen-bond donors (Lipinski definition) is 1. The number of carboxylic acids is 1. The molecule has 14 heavy (non-hydrogen) atoms. The smallest absolute Gasteiger partial charge is 0.313 e. The molecule has 1 aromatic rings. The van der Waals surface area contributed by atoms with Gasteiger partial charge in [0.2, 0.25) is 0 Å². The zero-order chi connectivity index (χ0) is 10.8. The first-order valence-corrected chi connectivity index (χ1v) is 4.40. The van der Waals surface area contributed by atoms with E-state index in [1.54, 1.807) is 45.2 Å². The molecule has 0 fully saturated rings. The quantitative estimate of drug-likeness (QED) is 0.804. The molecule has 0 amide bonds. The van der Waals surface area contributed by atoms with E-state index in [2.05, 4.69) is 0 Å². The van der Waals surface area contributed by atoms with Crippen LogP contribution in [-0.4, -0.2) is 11.1 Å². The van der Waals surface area contributed by atoms with E-state index < -0.39 is 11.4 Å². The third-order valence-corrected chi connectivity index (χ3v) is 2.42. The summed E-state index contributed by atoms with van der Waals surface area (Å²) >= 11 is 0. The molecule has 0 spiro atoms. The summed E-state index contributed by atoms with van der Waals surface area (Å²) in [4.78, 5) is 10.9. The van der Waals surface area contributed by atoms with E-state index in [0.717, 1.165) is 5.57 Å². The SMILES string of the molecule is C/C(=C\c1ccco1)C(C)(C)C(=O)O. The first-order chi connectivity index (χ1) is 6.44. The summed E-state index contributed by atoms with van der Waals surface area (Å²) in [5.41, 5.74) is -0.0905. The van der Waals surface area contributed by atoms with E-state index in [4.69, 9.17) is 9.52 Å². The van der Waals surface area contributed by atoms with Crippen molar-refractivity contribution in [1.29, 1.82) is 0 Å². The molecular formula is C11H14O3. The summed E-state index contributed by atoms with van der Waals surface area (Å²) in [6.45, 7) is 5.13. The zero-order valence-corrected chi connectivity index (χ0v) is 8.57. The standard InChI is InChI=1S/C11H14O3/c1-8(11(2,3)10(12)13)7-9-5-4-6-14-9/h4-7H,1-3H3,(H,12,13)/b8-7+. The van der Waals surface area contributed by atoms with Crippen LogP contribution in [0.3, 0.4) is 0 Å². The number of furan rings is 1. The van der Waals surface area contributed by atoms with E-state index in [0.29, 0.717) is 5.76 Å². The van der Waals surface area contributed by atoms with Crippen molar-refractivity contribution in [2.45, 2.75) is 20.8 Å². The fourth-order valence-electron chi connectivity index (χ4n) is 0.936. The number of rotatable bonds is 3. The summed E-state index contributed by atoms with van der Waals surface area (Å²) in [5, 5.41) is 8.97. The Labute approximate surface area is 83.0 Å². The Morgan fingerprint density at radius 2 is 2.21 bits per heavy atom. The average Bonchev–Trinajstić information content (AvgIpc) is 2.56. The van der Waals surface area contributed by atoms with Crippen LogP contribution in [0.25, 0.3) is 6.08 Å². The fourth-order valence-corrected chi connectivity index (χ4v) is 0.936. The second-order valence-electron chi connectivity index (χ2n) is 3.77. The molecular weight excluding hydrogens is 180 g/mol. The van der Waals surface area contributed by atoms with E-state index in [-0.39, 0.29) is 0 Å². The highest BCUT2D eigenvalue weighted by atomic mass is 16.4. The monoisotopic (exact) mass is 194 g/mol. The molecule has 76 valence electrons. The highest BCUT2D eigenvalue weighted by Crippen LogP contribution is 2.27. The average molecular weight is 194 g/mol. The number of aliphatic carboxylic acids is 1. The lowest BCUT2D eigenvalue weighted by Gasteiger charge is -2.19. The van der Waals surface area contributed by atoms with Crippen LogP contribution in [0.1, 0.15) is 26.5 Å². The van der Waals surface area contributed by atoms with Crippen LogP contribution in [0.2, 0.25) is 0 Å². The molecule has 0 aliphatic carbocycles. The van der Waals surface area contributed by atoms with Gasteiger partial charge in [0.25, 0.3) is 0 Å². The maximum absolute atomic E-state index is 10.9. The third-order valence-electron chi connectivity index (χ3n) is 2.42. The van der Waals surface area contributed by atoms with Crippen LogP contribution in [0.15, 0.2) is 28.4 Å². The van der Waals surface area contributed by atoms with Crippen molar-refractivity contribution in [2.75, 3.05) is 0 Å². The van der Waals surface area contributed by atoms with Crippen molar-refractivity contribution >= 4 is 12.0 Å². The maximum Gasteiger partial charge on any atom is 0.313 e. The Morgan fingerprint density at radius 3 is 2.64 bits per heavy atom. The topological polar surface area (TPSA) is 50.4 Å². The Morgan fingerprint density at radius 1 is 1.57 bits per heavy atom. The van der Waals surface area contributed by atoms with E-state index in [1.807, 2.05) is 0 Å². The van der Waals surface area contributed by atoms with Gasteiger partial charge in [0.05, 0.1) is 11.7 Å². The molecule has 1 aromatic heterocycles. The highest BCUT2D eigenvalue weighted by Gasteiger charge is 2.29. The summed E-state index contributed by atoms with van der Waals surface area (Å²) in [5.74, 6) is -0.158. The van der Waals surface area contributed by atoms with Gasteiger partial charge in [-0.1, -0.05) is 5.57 Å². The largest absolute Gasteiger partial charge is 0.481 e. The Balaban J connectivity index is 2.95. The van der Waals surface area contributed by atoms with E-state index in [1.165, 1.54) is 0 Å². The van der Waals surface area contributed by atoms with Crippen molar-refractivity contribution < 1.29 is 14.3 Å². The van der Waals surface area contributed by atoms with Crippen LogP contribution in [-0.2, 0) is 4.79 Å². The molecule has 0 atom stereocenters. The van der Waals surface area contributed by atoms with Crippen LogP contribution in [0.5, 0.6) is 0 Å². The van der Waals surface area contributed by atoms with Crippen molar-refractivity contribution in [2.24, 2.45) is 5.41 Å². The van der Waals surface area contributed by atoms with Crippen LogP contribution in [0.4, 0.5) is 0 Å². The van der Waals surface area contributed by atoms with Gasteiger partial charge in [-0.15, -0.1) is 0 Å². The molecule has 3 heteroatoms. The first-order valence-electron chi connectivity index (χ1n) is 4.40. The summed E-state index contributed by atoms with van der Waals surface area (Å²) in [6.07, 6.45) is 3.31. The second-order valence-corrected chi connectivity index (χ2v) is 3.77. The van der Waals surface area contributed by atoms with E-state index >= 15 is 0 Å². The van der Waals surface area contributed by atoms with Gasteiger partial charge in [-0.05, 0) is 39.0 Å². The lowest BCUT2D eigenvalue weighted by molar-refractivity contribution is -0.144. The summed E-state index contributed by atoms with van der Waals surface area (Å²) < 4.78 is 5.11. The van der Waals surface area contributed by atoms with Gasteiger partial charge in [0.1, 0.15) is 5.76 Å². The summed E-state index contributed by atoms with van der Waals surface area (Å²) in [6, 6.07) is 3.56. The third kappa shape index (κ3) is 2.05. The molecule has 0 aliphatic heterocycles. The normalized spacial score (nSPS) is 12.9. The van der Waals surface area contributed by atoms with Gasteiger partial charge in [-0.25, -0.2) is 0 Å². The predicted molar refractivity (Wildman–Crippen MR) is 53.8 cm³/mol.